The van der Waals surface area contributed by atoms with E-state index in [0.29, 0.717) is 19.1 Å². The van der Waals surface area contributed by atoms with Crippen LogP contribution in [0.5, 0.6) is 0 Å². The van der Waals surface area contributed by atoms with Crippen LogP contribution < -0.4 is 10.0 Å². The van der Waals surface area contributed by atoms with Crippen LogP contribution in [-0.4, -0.2) is 57.8 Å². The Morgan fingerprint density at radius 2 is 2.18 bits per heavy atom. The van der Waals surface area contributed by atoms with Gasteiger partial charge in [0.05, 0.1) is 5.25 Å². The first-order valence-electron chi connectivity index (χ1n) is 6.49. The van der Waals surface area contributed by atoms with Gasteiger partial charge < -0.3 is 10.2 Å². The van der Waals surface area contributed by atoms with Crippen molar-refractivity contribution >= 4 is 10.0 Å². The molecule has 0 spiro atoms. The molecule has 2 heterocycles. The third kappa shape index (κ3) is 3.40. The standard InChI is InChI=1S/C11H23N3O2S/c1-14-7-3-4-10(14)8-13-17(15,16)11-5-2-6-12-9-11/h10-13H,2-9H2,1H3. The second-order valence-corrected chi connectivity index (χ2v) is 7.18. The van der Waals surface area contributed by atoms with Crippen LogP contribution in [0, 0.1) is 0 Å². The lowest BCUT2D eigenvalue weighted by Crippen LogP contribution is -2.47. The van der Waals surface area contributed by atoms with Crippen molar-refractivity contribution < 1.29 is 8.42 Å². The minimum absolute atomic E-state index is 0.247. The zero-order valence-corrected chi connectivity index (χ0v) is 11.3. The maximum atomic E-state index is 12.1. The molecule has 2 atom stereocenters. The summed E-state index contributed by atoms with van der Waals surface area (Å²) in [6, 6.07) is 0.376. The van der Waals surface area contributed by atoms with E-state index < -0.39 is 10.0 Å². The summed E-state index contributed by atoms with van der Waals surface area (Å²) in [6.07, 6.45) is 4.01. The molecule has 2 saturated heterocycles. The van der Waals surface area contributed by atoms with Crippen LogP contribution in [0.3, 0.4) is 0 Å². The average molecular weight is 261 g/mol. The van der Waals surface area contributed by atoms with Crippen LogP contribution in [-0.2, 0) is 10.0 Å². The number of hydrogen-bond acceptors (Lipinski definition) is 4. The zero-order chi connectivity index (χ0) is 12.3. The molecule has 17 heavy (non-hydrogen) atoms. The summed E-state index contributed by atoms with van der Waals surface area (Å²) in [5.74, 6) is 0. The van der Waals surface area contributed by atoms with E-state index >= 15 is 0 Å². The molecule has 0 bridgehead atoms. The fraction of sp³-hybridized carbons (Fsp3) is 1.00. The summed E-state index contributed by atoms with van der Waals surface area (Å²) in [6.45, 7) is 3.18. The molecular weight excluding hydrogens is 238 g/mol. The number of nitrogens with zero attached hydrogens (tertiary/aromatic N) is 1. The van der Waals surface area contributed by atoms with E-state index in [1.165, 1.54) is 6.42 Å². The molecule has 0 aromatic carbocycles. The summed E-state index contributed by atoms with van der Waals surface area (Å²) in [4.78, 5) is 2.24. The lowest BCUT2D eigenvalue weighted by molar-refractivity contribution is 0.310. The number of nitrogens with one attached hydrogen (secondary N) is 2. The fourth-order valence-corrected chi connectivity index (χ4v) is 4.13. The maximum absolute atomic E-state index is 12.1. The SMILES string of the molecule is CN1CCCC1CNS(=O)(=O)C1CCCNC1. The predicted octanol–water partition coefficient (Wildman–Crippen LogP) is -0.248. The molecule has 6 heteroatoms. The van der Waals surface area contributed by atoms with Gasteiger partial charge in [0.1, 0.15) is 0 Å². The lowest BCUT2D eigenvalue weighted by Gasteiger charge is -2.25. The number of piperidine rings is 1. The van der Waals surface area contributed by atoms with Crippen molar-refractivity contribution in [2.45, 2.75) is 37.0 Å². The van der Waals surface area contributed by atoms with Crippen molar-refractivity contribution in [3.63, 3.8) is 0 Å². The quantitative estimate of drug-likeness (QED) is 0.733. The van der Waals surface area contributed by atoms with Crippen LogP contribution in [0.2, 0.25) is 0 Å². The van der Waals surface area contributed by atoms with Crippen LogP contribution in [0.1, 0.15) is 25.7 Å². The summed E-state index contributed by atoms with van der Waals surface area (Å²) >= 11 is 0. The van der Waals surface area contributed by atoms with E-state index in [0.717, 1.165) is 32.4 Å². The largest absolute Gasteiger partial charge is 0.315 e. The second kappa shape index (κ2) is 5.65. The molecule has 2 unspecified atom stereocenters. The smallest absolute Gasteiger partial charge is 0.215 e. The number of likely N-dealkylation sites (N-methyl/N-ethyl adjacent to an activating group) is 1. The molecule has 0 aromatic heterocycles. The number of rotatable bonds is 4. The van der Waals surface area contributed by atoms with E-state index in [2.05, 4.69) is 22.0 Å². The average Bonchev–Trinajstić information content (AvgIpc) is 2.74. The Morgan fingerprint density at radius 1 is 1.35 bits per heavy atom. The molecule has 0 amide bonds. The van der Waals surface area contributed by atoms with Crippen LogP contribution in [0.15, 0.2) is 0 Å². The van der Waals surface area contributed by atoms with Crippen molar-refractivity contribution in [3.05, 3.63) is 0 Å². The first-order valence-corrected chi connectivity index (χ1v) is 8.03. The first kappa shape index (κ1) is 13.3. The topological polar surface area (TPSA) is 61.4 Å². The van der Waals surface area contributed by atoms with Crippen LogP contribution >= 0.6 is 0 Å². The Morgan fingerprint density at radius 3 is 2.76 bits per heavy atom. The predicted molar refractivity (Wildman–Crippen MR) is 68.5 cm³/mol. The number of hydrogen-bond donors (Lipinski definition) is 2. The van der Waals surface area contributed by atoms with E-state index in [-0.39, 0.29) is 5.25 Å². The molecule has 2 rings (SSSR count). The second-order valence-electron chi connectivity index (χ2n) is 5.14. The van der Waals surface area contributed by atoms with Crippen molar-refractivity contribution in [2.24, 2.45) is 0 Å². The highest BCUT2D eigenvalue weighted by Crippen LogP contribution is 2.15. The van der Waals surface area contributed by atoms with Gasteiger partial charge in [-0.3, -0.25) is 0 Å². The van der Waals surface area contributed by atoms with Crippen LogP contribution in [0.25, 0.3) is 0 Å². The van der Waals surface area contributed by atoms with E-state index in [9.17, 15) is 8.42 Å². The molecule has 100 valence electrons. The van der Waals surface area contributed by atoms with Crippen molar-refractivity contribution in [2.75, 3.05) is 33.2 Å². The summed E-state index contributed by atoms with van der Waals surface area (Å²) < 4.78 is 27.0. The molecule has 0 aliphatic carbocycles. The molecular formula is C11H23N3O2S. The molecule has 2 fully saturated rings. The van der Waals surface area contributed by atoms with Gasteiger partial charge in [0.15, 0.2) is 0 Å². The normalized spacial score (nSPS) is 31.8. The Labute approximate surface area is 104 Å². The van der Waals surface area contributed by atoms with Gasteiger partial charge in [0.2, 0.25) is 10.0 Å². The molecule has 0 saturated carbocycles. The fourth-order valence-electron chi connectivity index (χ4n) is 2.65. The summed E-state index contributed by atoms with van der Waals surface area (Å²) in [7, 11) is -1.07. The Bertz CT molecular complexity index is 339. The van der Waals surface area contributed by atoms with Gasteiger partial charge in [-0.25, -0.2) is 13.1 Å². The Kier molecular flexibility index (Phi) is 4.41. The maximum Gasteiger partial charge on any atom is 0.215 e. The summed E-state index contributed by atoms with van der Waals surface area (Å²) in [5, 5.41) is 2.90. The Balaban J connectivity index is 1.84. The first-order chi connectivity index (χ1) is 8.09. The van der Waals surface area contributed by atoms with E-state index in [1.807, 2.05) is 0 Å². The highest BCUT2D eigenvalue weighted by molar-refractivity contribution is 7.90. The molecule has 2 aliphatic heterocycles. The zero-order valence-electron chi connectivity index (χ0n) is 10.5. The van der Waals surface area contributed by atoms with Crippen molar-refractivity contribution in [1.82, 2.24) is 14.9 Å². The minimum atomic E-state index is -3.13. The van der Waals surface area contributed by atoms with Gasteiger partial charge in [0.25, 0.3) is 0 Å². The van der Waals surface area contributed by atoms with Crippen LogP contribution in [0.4, 0.5) is 0 Å². The number of sulfonamides is 1. The van der Waals surface area contributed by atoms with Gasteiger partial charge in [-0.05, 0) is 45.8 Å². The molecule has 2 aliphatic rings. The van der Waals surface area contributed by atoms with Gasteiger partial charge in [-0.2, -0.15) is 0 Å². The number of likely N-dealkylation sites (tertiary alicyclic amines) is 1. The third-order valence-corrected chi connectivity index (χ3v) is 5.73. The van der Waals surface area contributed by atoms with Gasteiger partial charge in [-0.1, -0.05) is 0 Å². The molecule has 5 nitrogen and oxygen atoms in total. The van der Waals surface area contributed by atoms with E-state index in [4.69, 9.17) is 0 Å². The van der Waals surface area contributed by atoms with Gasteiger partial charge in [-0.15, -0.1) is 0 Å². The monoisotopic (exact) mass is 261 g/mol. The van der Waals surface area contributed by atoms with Gasteiger partial charge in [0, 0.05) is 19.1 Å². The summed E-state index contributed by atoms with van der Waals surface area (Å²) in [5.41, 5.74) is 0. The highest BCUT2D eigenvalue weighted by Gasteiger charge is 2.29. The van der Waals surface area contributed by atoms with Gasteiger partial charge >= 0.3 is 0 Å². The molecule has 2 N–H and O–H groups in total. The van der Waals surface area contributed by atoms with Crippen molar-refractivity contribution in [3.8, 4) is 0 Å². The minimum Gasteiger partial charge on any atom is -0.315 e. The highest BCUT2D eigenvalue weighted by atomic mass is 32.2. The van der Waals surface area contributed by atoms with E-state index in [1.54, 1.807) is 0 Å². The molecule has 0 aromatic rings. The lowest BCUT2D eigenvalue weighted by atomic mass is 10.2. The van der Waals surface area contributed by atoms with Crippen molar-refractivity contribution in [1.29, 1.82) is 0 Å². The molecule has 0 radical (unpaired) electrons. The Hall–Kier alpha value is -0.170. The third-order valence-electron chi connectivity index (χ3n) is 3.88.